The fourth-order valence-corrected chi connectivity index (χ4v) is 1.54. The summed E-state index contributed by atoms with van der Waals surface area (Å²) < 4.78 is 12.7. The van der Waals surface area contributed by atoms with Crippen LogP contribution in [0.3, 0.4) is 0 Å². The largest absolute Gasteiger partial charge is 0.321 e. The quantitative estimate of drug-likeness (QED) is 0.857. The van der Waals surface area contributed by atoms with E-state index in [1.807, 2.05) is 6.92 Å². The van der Waals surface area contributed by atoms with E-state index in [-0.39, 0.29) is 11.7 Å². The third-order valence-electron chi connectivity index (χ3n) is 2.56. The first kappa shape index (κ1) is 13.0. The van der Waals surface area contributed by atoms with Crippen molar-refractivity contribution in [1.29, 1.82) is 0 Å². The van der Waals surface area contributed by atoms with E-state index in [1.165, 1.54) is 18.2 Å². The molecule has 1 heterocycles. The van der Waals surface area contributed by atoms with Crippen molar-refractivity contribution < 1.29 is 9.18 Å². The van der Waals surface area contributed by atoms with Crippen molar-refractivity contribution in [2.24, 2.45) is 0 Å². The lowest BCUT2D eigenvalue weighted by molar-refractivity contribution is -0.111. The van der Waals surface area contributed by atoms with Crippen LogP contribution >= 0.6 is 0 Å². The molecule has 0 radical (unpaired) electrons. The van der Waals surface area contributed by atoms with Crippen LogP contribution in [0.1, 0.15) is 11.3 Å². The molecular weight excluding hydrogens is 243 g/mol. The molecule has 1 aromatic carbocycles. The first-order chi connectivity index (χ1) is 9.15. The van der Waals surface area contributed by atoms with E-state index in [1.54, 1.807) is 36.5 Å². The monoisotopic (exact) mass is 256 g/mol. The molecular formula is C15H13FN2O. The van der Waals surface area contributed by atoms with Crippen molar-refractivity contribution in [2.45, 2.75) is 6.92 Å². The molecule has 19 heavy (non-hydrogen) atoms. The average molecular weight is 256 g/mol. The van der Waals surface area contributed by atoms with E-state index in [4.69, 9.17) is 0 Å². The molecule has 1 aromatic heterocycles. The third kappa shape index (κ3) is 3.74. The zero-order valence-electron chi connectivity index (χ0n) is 10.4. The van der Waals surface area contributed by atoms with Crippen LogP contribution in [0.5, 0.6) is 0 Å². The Morgan fingerprint density at radius 3 is 2.68 bits per heavy atom. The van der Waals surface area contributed by atoms with Gasteiger partial charge in [-0.05, 0) is 42.8 Å². The number of nitrogens with one attached hydrogen (secondary N) is 1. The van der Waals surface area contributed by atoms with Crippen molar-refractivity contribution in [3.63, 3.8) is 0 Å². The molecule has 0 spiro atoms. The topological polar surface area (TPSA) is 42.0 Å². The number of aromatic nitrogens is 1. The Kier molecular flexibility index (Phi) is 4.03. The molecule has 0 fully saturated rings. The zero-order chi connectivity index (χ0) is 13.7. The van der Waals surface area contributed by atoms with Crippen LogP contribution in [0, 0.1) is 12.7 Å². The third-order valence-corrected chi connectivity index (χ3v) is 2.56. The predicted octanol–water partition coefficient (Wildman–Crippen LogP) is 3.18. The molecule has 1 amide bonds. The van der Waals surface area contributed by atoms with Gasteiger partial charge in [0.1, 0.15) is 5.82 Å². The maximum atomic E-state index is 12.7. The zero-order valence-corrected chi connectivity index (χ0v) is 10.4. The number of amides is 1. The van der Waals surface area contributed by atoms with Gasteiger partial charge >= 0.3 is 0 Å². The normalized spacial score (nSPS) is 10.6. The Balaban J connectivity index is 2.02. The molecule has 2 rings (SSSR count). The molecule has 0 aliphatic heterocycles. The van der Waals surface area contributed by atoms with Gasteiger partial charge in [0, 0.05) is 12.3 Å². The average Bonchev–Trinajstić information content (AvgIpc) is 2.41. The summed E-state index contributed by atoms with van der Waals surface area (Å²) in [6.07, 6.45) is 4.69. The number of rotatable bonds is 3. The van der Waals surface area contributed by atoms with Crippen LogP contribution in [0.25, 0.3) is 6.08 Å². The predicted molar refractivity (Wildman–Crippen MR) is 73.0 cm³/mol. The number of carbonyl (C=O) groups is 1. The fraction of sp³-hybridized carbons (Fsp3) is 0.0667. The number of nitrogens with zero attached hydrogens (tertiary/aromatic N) is 1. The number of aryl methyl sites for hydroxylation is 1. The van der Waals surface area contributed by atoms with Gasteiger partial charge in [-0.25, -0.2) is 4.39 Å². The molecule has 0 aliphatic rings. The number of anilines is 1. The first-order valence-electron chi connectivity index (χ1n) is 5.81. The number of hydrogen-bond acceptors (Lipinski definition) is 2. The second kappa shape index (κ2) is 5.91. The summed E-state index contributed by atoms with van der Waals surface area (Å²) in [4.78, 5) is 15.8. The maximum absolute atomic E-state index is 12.7. The summed E-state index contributed by atoms with van der Waals surface area (Å²) in [6, 6.07) is 9.45. The molecule has 3 nitrogen and oxygen atoms in total. The Labute approximate surface area is 110 Å². The Morgan fingerprint density at radius 1 is 1.26 bits per heavy atom. The molecule has 0 unspecified atom stereocenters. The lowest BCUT2D eigenvalue weighted by Gasteiger charge is -2.04. The summed E-state index contributed by atoms with van der Waals surface area (Å²) in [7, 11) is 0. The molecule has 0 aliphatic carbocycles. The van der Waals surface area contributed by atoms with E-state index >= 15 is 0 Å². The number of benzene rings is 1. The molecule has 96 valence electrons. The van der Waals surface area contributed by atoms with E-state index in [0.29, 0.717) is 5.69 Å². The van der Waals surface area contributed by atoms with Crippen molar-refractivity contribution in [3.05, 3.63) is 65.7 Å². The van der Waals surface area contributed by atoms with E-state index in [2.05, 4.69) is 10.3 Å². The minimum absolute atomic E-state index is 0.250. The standard InChI is InChI=1S/C15H13FN2O/c1-11-14(3-2-10-17-11)18-15(19)9-6-12-4-7-13(16)8-5-12/h2-10H,1H3,(H,18,19). The summed E-state index contributed by atoms with van der Waals surface area (Å²) in [5.41, 5.74) is 2.20. The lowest BCUT2D eigenvalue weighted by Crippen LogP contribution is -2.09. The van der Waals surface area contributed by atoms with Crippen LogP contribution in [0.15, 0.2) is 48.7 Å². The van der Waals surface area contributed by atoms with Gasteiger partial charge in [-0.3, -0.25) is 9.78 Å². The Bertz CT molecular complexity index is 606. The maximum Gasteiger partial charge on any atom is 0.248 e. The van der Waals surface area contributed by atoms with Crippen LogP contribution in [-0.2, 0) is 4.79 Å². The summed E-state index contributed by atoms with van der Waals surface area (Å²) >= 11 is 0. The molecule has 2 aromatic rings. The van der Waals surface area contributed by atoms with Gasteiger partial charge in [-0.2, -0.15) is 0 Å². The number of hydrogen-bond donors (Lipinski definition) is 1. The summed E-state index contributed by atoms with van der Waals surface area (Å²) in [6.45, 7) is 1.82. The van der Waals surface area contributed by atoms with Gasteiger partial charge in [0.15, 0.2) is 0 Å². The number of carbonyl (C=O) groups excluding carboxylic acids is 1. The first-order valence-corrected chi connectivity index (χ1v) is 5.81. The highest BCUT2D eigenvalue weighted by Crippen LogP contribution is 2.10. The van der Waals surface area contributed by atoms with Crippen molar-refractivity contribution in [2.75, 3.05) is 5.32 Å². The molecule has 1 N–H and O–H groups in total. The number of pyridine rings is 1. The van der Waals surface area contributed by atoms with Gasteiger partial charge in [0.05, 0.1) is 11.4 Å². The minimum Gasteiger partial charge on any atom is -0.321 e. The summed E-state index contributed by atoms with van der Waals surface area (Å²) in [5, 5.41) is 2.73. The van der Waals surface area contributed by atoms with Crippen molar-refractivity contribution >= 4 is 17.7 Å². The van der Waals surface area contributed by atoms with Crippen molar-refractivity contribution in [3.8, 4) is 0 Å². The van der Waals surface area contributed by atoms with E-state index in [0.717, 1.165) is 11.3 Å². The Morgan fingerprint density at radius 2 is 2.00 bits per heavy atom. The fourth-order valence-electron chi connectivity index (χ4n) is 1.54. The summed E-state index contributed by atoms with van der Waals surface area (Å²) in [5.74, 6) is -0.548. The highest BCUT2D eigenvalue weighted by molar-refractivity contribution is 6.02. The Hall–Kier alpha value is -2.49. The van der Waals surface area contributed by atoms with Gasteiger partial charge in [-0.1, -0.05) is 12.1 Å². The van der Waals surface area contributed by atoms with Crippen LogP contribution in [0.4, 0.5) is 10.1 Å². The van der Waals surface area contributed by atoms with Crippen LogP contribution in [-0.4, -0.2) is 10.9 Å². The van der Waals surface area contributed by atoms with Gasteiger partial charge < -0.3 is 5.32 Å². The van der Waals surface area contributed by atoms with Crippen LogP contribution in [0.2, 0.25) is 0 Å². The smallest absolute Gasteiger partial charge is 0.248 e. The van der Waals surface area contributed by atoms with E-state index < -0.39 is 0 Å². The minimum atomic E-state index is -0.299. The van der Waals surface area contributed by atoms with Gasteiger partial charge in [-0.15, -0.1) is 0 Å². The van der Waals surface area contributed by atoms with Gasteiger partial charge in [0.25, 0.3) is 0 Å². The molecule has 0 bridgehead atoms. The van der Waals surface area contributed by atoms with Gasteiger partial charge in [0.2, 0.25) is 5.91 Å². The molecule has 0 saturated heterocycles. The van der Waals surface area contributed by atoms with E-state index in [9.17, 15) is 9.18 Å². The molecule has 0 atom stereocenters. The molecule has 0 saturated carbocycles. The van der Waals surface area contributed by atoms with Crippen molar-refractivity contribution in [1.82, 2.24) is 4.98 Å². The SMILES string of the molecule is Cc1ncccc1NC(=O)C=Cc1ccc(F)cc1. The molecule has 4 heteroatoms. The number of halogens is 1. The second-order valence-corrected chi connectivity index (χ2v) is 4.01. The highest BCUT2D eigenvalue weighted by atomic mass is 19.1. The highest BCUT2D eigenvalue weighted by Gasteiger charge is 2.01. The lowest BCUT2D eigenvalue weighted by atomic mass is 10.2. The second-order valence-electron chi connectivity index (χ2n) is 4.01. The van der Waals surface area contributed by atoms with Crippen LogP contribution < -0.4 is 5.32 Å².